The van der Waals surface area contributed by atoms with Gasteiger partial charge in [0.15, 0.2) is 0 Å². The molecule has 1 heterocycles. The van der Waals surface area contributed by atoms with Gasteiger partial charge in [-0.3, -0.25) is 0 Å². The molecule has 96 valence electrons. The van der Waals surface area contributed by atoms with Crippen LogP contribution < -0.4 is 0 Å². The maximum atomic E-state index is 4.87. The Labute approximate surface area is 118 Å². The molecule has 0 bridgehead atoms. The average Bonchev–Trinajstić information content (AvgIpc) is 2.62. The Hall–Kier alpha value is -1.74. The van der Waals surface area contributed by atoms with Gasteiger partial charge in [0.1, 0.15) is 5.84 Å². The lowest BCUT2D eigenvalue weighted by Crippen LogP contribution is -2.27. The Morgan fingerprint density at radius 3 is 2.47 bits per heavy atom. The summed E-state index contributed by atoms with van der Waals surface area (Å²) in [6.07, 6.45) is 0. The van der Waals surface area contributed by atoms with E-state index in [1.54, 1.807) is 11.8 Å². The smallest absolute Gasteiger partial charge is 0.137 e. The van der Waals surface area contributed by atoms with Crippen LogP contribution >= 0.6 is 11.8 Å². The van der Waals surface area contributed by atoms with Gasteiger partial charge >= 0.3 is 0 Å². The molecule has 19 heavy (non-hydrogen) atoms. The zero-order valence-corrected chi connectivity index (χ0v) is 11.9. The molecule has 2 aromatic rings. The van der Waals surface area contributed by atoms with Crippen LogP contribution in [0.1, 0.15) is 12.5 Å². The quantitative estimate of drug-likeness (QED) is 0.771. The fourth-order valence-corrected chi connectivity index (χ4v) is 3.13. The third-order valence-electron chi connectivity index (χ3n) is 3.28. The van der Waals surface area contributed by atoms with E-state index in [9.17, 15) is 0 Å². The van der Waals surface area contributed by atoms with Crippen LogP contribution in [-0.2, 0) is 0 Å². The Balaban J connectivity index is 2.22. The van der Waals surface area contributed by atoms with Gasteiger partial charge in [0, 0.05) is 28.9 Å². The number of nitrogens with zero attached hydrogens (tertiary/aromatic N) is 2. The largest absolute Gasteiger partial charge is 0.359 e. The van der Waals surface area contributed by atoms with Gasteiger partial charge in [0.2, 0.25) is 0 Å². The normalized spacial score (nSPS) is 13.1. The molecule has 0 saturated carbocycles. The van der Waals surface area contributed by atoms with E-state index in [0.29, 0.717) is 0 Å². The Kier molecular flexibility index (Phi) is 3.30. The minimum atomic E-state index is 0.944. The number of para-hydroxylation sites is 1. The van der Waals surface area contributed by atoms with Gasteiger partial charge < -0.3 is 4.90 Å². The first-order valence-corrected chi connectivity index (χ1v) is 7.27. The van der Waals surface area contributed by atoms with Crippen molar-refractivity contribution in [1.29, 1.82) is 0 Å². The van der Waals surface area contributed by atoms with E-state index in [0.717, 1.165) is 18.1 Å². The molecule has 2 aromatic carbocycles. The molecule has 0 N–H and O–H groups in total. The fourth-order valence-electron chi connectivity index (χ4n) is 2.11. The first kappa shape index (κ1) is 12.3. The van der Waals surface area contributed by atoms with Gasteiger partial charge in [-0.25, -0.2) is 4.99 Å². The van der Waals surface area contributed by atoms with Crippen LogP contribution in [0.4, 0.5) is 5.69 Å². The van der Waals surface area contributed by atoms with Gasteiger partial charge in [-0.1, -0.05) is 42.1 Å². The standard InChI is InChI=1S/C16H16N2S/c1-3-18(2)16-12-8-4-6-10-14(12)19-15-11-7-5-9-13(15)17-16/h4-11H,3H2,1-2H3. The summed E-state index contributed by atoms with van der Waals surface area (Å²) in [5.74, 6) is 1.05. The Morgan fingerprint density at radius 1 is 1.00 bits per heavy atom. The molecule has 0 spiro atoms. The monoisotopic (exact) mass is 268 g/mol. The molecule has 0 aliphatic carbocycles. The molecule has 0 saturated heterocycles. The highest BCUT2D eigenvalue weighted by Gasteiger charge is 2.18. The van der Waals surface area contributed by atoms with E-state index in [1.165, 1.54) is 15.4 Å². The number of amidine groups is 1. The topological polar surface area (TPSA) is 15.6 Å². The number of hydrogen-bond acceptors (Lipinski definition) is 3. The molecule has 1 aliphatic heterocycles. The van der Waals surface area contributed by atoms with Gasteiger partial charge in [-0.2, -0.15) is 0 Å². The average molecular weight is 268 g/mol. The van der Waals surface area contributed by atoms with Crippen LogP contribution in [0.3, 0.4) is 0 Å². The first-order chi connectivity index (χ1) is 9.29. The van der Waals surface area contributed by atoms with Crippen molar-refractivity contribution in [2.75, 3.05) is 13.6 Å². The number of rotatable bonds is 1. The van der Waals surface area contributed by atoms with Crippen LogP contribution in [-0.4, -0.2) is 24.3 Å². The van der Waals surface area contributed by atoms with Crippen molar-refractivity contribution in [3.8, 4) is 0 Å². The number of fused-ring (bicyclic) bond motifs is 2. The molecular weight excluding hydrogens is 252 g/mol. The number of hydrogen-bond donors (Lipinski definition) is 0. The zero-order valence-electron chi connectivity index (χ0n) is 11.1. The first-order valence-electron chi connectivity index (χ1n) is 6.45. The van der Waals surface area contributed by atoms with Crippen molar-refractivity contribution in [1.82, 2.24) is 4.90 Å². The molecule has 0 fully saturated rings. The molecule has 0 radical (unpaired) electrons. The van der Waals surface area contributed by atoms with Crippen molar-refractivity contribution in [2.24, 2.45) is 4.99 Å². The summed E-state index contributed by atoms with van der Waals surface area (Å²) >= 11 is 1.79. The molecule has 3 rings (SSSR count). The summed E-state index contributed by atoms with van der Waals surface area (Å²) in [5, 5.41) is 0. The van der Waals surface area contributed by atoms with E-state index >= 15 is 0 Å². The predicted octanol–water partition coefficient (Wildman–Crippen LogP) is 4.18. The van der Waals surface area contributed by atoms with Crippen LogP contribution in [0.25, 0.3) is 0 Å². The van der Waals surface area contributed by atoms with Crippen LogP contribution in [0, 0.1) is 0 Å². The van der Waals surface area contributed by atoms with E-state index in [1.807, 2.05) is 6.07 Å². The summed E-state index contributed by atoms with van der Waals surface area (Å²) in [6.45, 7) is 3.09. The lowest BCUT2D eigenvalue weighted by molar-refractivity contribution is 0.536. The van der Waals surface area contributed by atoms with Gasteiger partial charge in [0.05, 0.1) is 5.69 Å². The summed E-state index contributed by atoms with van der Waals surface area (Å²) in [5.41, 5.74) is 2.27. The molecular formula is C16H16N2S. The van der Waals surface area contributed by atoms with Crippen LogP contribution in [0.2, 0.25) is 0 Å². The third kappa shape index (κ3) is 2.26. The molecule has 3 heteroatoms. The van der Waals surface area contributed by atoms with Crippen molar-refractivity contribution in [3.63, 3.8) is 0 Å². The second kappa shape index (κ2) is 5.10. The lowest BCUT2D eigenvalue weighted by atomic mass is 10.2. The molecule has 0 aromatic heterocycles. The van der Waals surface area contributed by atoms with E-state index < -0.39 is 0 Å². The highest BCUT2D eigenvalue weighted by molar-refractivity contribution is 7.99. The van der Waals surface area contributed by atoms with E-state index in [-0.39, 0.29) is 0 Å². The Morgan fingerprint density at radius 2 is 1.68 bits per heavy atom. The maximum absolute atomic E-state index is 4.87. The zero-order chi connectivity index (χ0) is 13.2. The number of benzene rings is 2. The maximum Gasteiger partial charge on any atom is 0.137 e. The van der Waals surface area contributed by atoms with Gasteiger partial charge in [-0.15, -0.1) is 0 Å². The van der Waals surface area contributed by atoms with Crippen molar-refractivity contribution in [2.45, 2.75) is 16.7 Å². The lowest BCUT2D eigenvalue weighted by Gasteiger charge is -2.20. The van der Waals surface area contributed by atoms with Crippen LogP contribution in [0.15, 0.2) is 63.3 Å². The molecule has 0 unspecified atom stereocenters. The van der Waals surface area contributed by atoms with E-state index in [4.69, 9.17) is 4.99 Å². The summed E-state index contributed by atoms with van der Waals surface area (Å²) in [7, 11) is 2.09. The van der Waals surface area contributed by atoms with Gasteiger partial charge in [0.25, 0.3) is 0 Å². The van der Waals surface area contributed by atoms with Crippen molar-refractivity contribution >= 4 is 23.3 Å². The SMILES string of the molecule is CCN(C)C1=Nc2ccccc2Sc2ccccc21. The number of aliphatic imine (C=N–C) groups is 1. The second-order valence-electron chi connectivity index (χ2n) is 4.52. The molecule has 2 nitrogen and oxygen atoms in total. The van der Waals surface area contributed by atoms with E-state index in [2.05, 4.69) is 61.3 Å². The highest BCUT2D eigenvalue weighted by Crippen LogP contribution is 2.40. The molecule has 0 amide bonds. The summed E-state index contributed by atoms with van der Waals surface area (Å²) in [4.78, 5) is 9.56. The summed E-state index contributed by atoms with van der Waals surface area (Å²) < 4.78 is 0. The predicted molar refractivity (Wildman–Crippen MR) is 81.5 cm³/mol. The fraction of sp³-hybridized carbons (Fsp3) is 0.188. The minimum absolute atomic E-state index is 0.944. The molecule has 0 atom stereocenters. The summed E-state index contributed by atoms with van der Waals surface area (Å²) in [6, 6.07) is 16.8. The molecule has 1 aliphatic rings. The van der Waals surface area contributed by atoms with Crippen molar-refractivity contribution in [3.05, 3.63) is 54.1 Å². The second-order valence-corrected chi connectivity index (χ2v) is 5.60. The van der Waals surface area contributed by atoms with Crippen molar-refractivity contribution < 1.29 is 0 Å². The highest BCUT2D eigenvalue weighted by atomic mass is 32.2. The van der Waals surface area contributed by atoms with Crippen LogP contribution in [0.5, 0.6) is 0 Å². The third-order valence-corrected chi connectivity index (χ3v) is 4.42. The van der Waals surface area contributed by atoms with Gasteiger partial charge in [-0.05, 0) is 25.1 Å². The minimum Gasteiger partial charge on any atom is -0.359 e. The Bertz CT molecular complexity index is 634.